The van der Waals surface area contributed by atoms with Crippen LogP contribution in [-0.2, 0) is 16.1 Å². The summed E-state index contributed by atoms with van der Waals surface area (Å²) in [6, 6.07) is 16.7. The number of rotatable bonds is 3. The number of fused-ring (bicyclic) bond motifs is 4. The maximum Gasteiger partial charge on any atom is 0.349 e. The Morgan fingerprint density at radius 2 is 1.85 bits per heavy atom. The molecule has 0 aliphatic heterocycles. The molecule has 3 aromatic carbocycles. The molecule has 5 aromatic rings. The molecular weight excluding hydrogens is 452 g/mol. The molecule has 0 unspecified atom stereocenters. The summed E-state index contributed by atoms with van der Waals surface area (Å²) >= 11 is 1.28. The summed E-state index contributed by atoms with van der Waals surface area (Å²) < 4.78 is 12.8. The van der Waals surface area contributed by atoms with Gasteiger partial charge in [0.15, 0.2) is 4.80 Å². The summed E-state index contributed by atoms with van der Waals surface area (Å²) in [7, 11) is 1.31. The van der Waals surface area contributed by atoms with Crippen molar-refractivity contribution in [1.29, 1.82) is 0 Å². The van der Waals surface area contributed by atoms with E-state index >= 15 is 0 Å². The topological polar surface area (TPSA) is 90.9 Å². The number of carbonyl (C=O) groups is 2. The van der Waals surface area contributed by atoms with Gasteiger partial charge in [-0.25, -0.2) is 4.79 Å². The van der Waals surface area contributed by atoms with Crippen LogP contribution in [0.4, 0.5) is 0 Å². The van der Waals surface area contributed by atoms with Crippen LogP contribution in [-0.4, -0.2) is 23.6 Å². The monoisotopic (exact) mass is 472 g/mol. The Morgan fingerprint density at radius 3 is 2.65 bits per heavy atom. The van der Waals surface area contributed by atoms with Crippen molar-refractivity contribution >= 4 is 55.2 Å². The Hall–Kier alpha value is -4.04. The van der Waals surface area contributed by atoms with Crippen molar-refractivity contribution in [1.82, 2.24) is 4.57 Å². The van der Waals surface area contributed by atoms with E-state index in [2.05, 4.69) is 4.99 Å². The standard InChI is InChI=1S/C26H20N2O5S/c1-14-10-15(2)23-20(11-14)28(13-22(29)32-3)26(34-23)27-24(30)19-12-18-17-7-5-4-6-16(17)8-9-21(18)33-25(19)31/h4-12H,13H2,1-3H3. The van der Waals surface area contributed by atoms with Crippen molar-refractivity contribution in [2.75, 3.05) is 7.11 Å². The second kappa shape index (κ2) is 8.39. The largest absolute Gasteiger partial charge is 0.468 e. The number of aromatic nitrogens is 1. The maximum atomic E-state index is 13.2. The molecule has 7 nitrogen and oxygen atoms in total. The van der Waals surface area contributed by atoms with Crippen molar-refractivity contribution in [3.05, 3.63) is 86.5 Å². The average Bonchev–Trinajstić information content (AvgIpc) is 3.15. The van der Waals surface area contributed by atoms with Gasteiger partial charge in [0, 0.05) is 5.39 Å². The molecule has 0 aliphatic rings. The van der Waals surface area contributed by atoms with Gasteiger partial charge in [-0.1, -0.05) is 47.7 Å². The Balaban J connectivity index is 1.72. The van der Waals surface area contributed by atoms with E-state index in [4.69, 9.17) is 9.15 Å². The van der Waals surface area contributed by atoms with Gasteiger partial charge in [0.05, 0.1) is 17.3 Å². The quantitative estimate of drug-likeness (QED) is 0.219. The van der Waals surface area contributed by atoms with Gasteiger partial charge in [0.1, 0.15) is 17.7 Å². The van der Waals surface area contributed by atoms with E-state index in [1.54, 1.807) is 10.6 Å². The van der Waals surface area contributed by atoms with Crippen molar-refractivity contribution in [3.8, 4) is 0 Å². The number of hydrogen-bond acceptors (Lipinski definition) is 6. The second-order valence-electron chi connectivity index (χ2n) is 8.04. The molecule has 0 N–H and O–H groups in total. The lowest BCUT2D eigenvalue weighted by Crippen LogP contribution is -2.23. The Kier molecular flexibility index (Phi) is 5.37. The number of nitrogens with zero attached hydrogens (tertiary/aromatic N) is 2. The first-order chi connectivity index (χ1) is 16.4. The minimum atomic E-state index is -0.760. The lowest BCUT2D eigenvalue weighted by molar-refractivity contribution is -0.141. The molecule has 2 heterocycles. The van der Waals surface area contributed by atoms with Crippen molar-refractivity contribution < 1.29 is 18.7 Å². The van der Waals surface area contributed by atoms with Gasteiger partial charge in [0.2, 0.25) is 0 Å². The van der Waals surface area contributed by atoms with Gasteiger partial charge in [-0.3, -0.25) is 9.59 Å². The number of ether oxygens (including phenoxy) is 1. The predicted molar refractivity (Wildman–Crippen MR) is 131 cm³/mol. The number of esters is 1. The fourth-order valence-electron chi connectivity index (χ4n) is 4.11. The third kappa shape index (κ3) is 3.72. The fraction of sp³-hybridized carbons (Fsp3) is 0.154. The lowest BCUT2D eigenvalue weighted by atomic mass is 10.0. The van der Waals surface area contributed by atoms with Crippen molar-refractivity contribution in [2.45, 2.75) is 20.4 Å². The molecule has 0 bridgehead atoms. The normalized spacial score (nSPS) is 12.0. The summed E-state index contributed by atoms with van der Waals surface area (Å²) in [6.45, 7) is 3.81. The van der Waals surface area contributed by atoms with E-state index in [-0.39, 0.29) is 12.1 Å². The zero-order valence-corrected chi connectivity index (χ0v) is 19.6. The number of hydrogen-bond donors (Lipinski definition) is 0. The average molecular weight is 473 g/mol. The summed E-state index contributed by atoms with van der Waals surface area (Å²) in [6.07, 6.45) is 0. The maximum absolute atomic E-state index is 13.2. The van der Waals surface area contributed by atoms with Gasteiger partial charge in [0.25, 0.3) is 5.91 Å². The number of carbonyl (C=O) groups excluding carboxylic acids is 2. The molecule has 0 saturated carbocycles. The predicted octanol–water partition coefficient (Wildman–Crippen LogP) is 4.49. The van der Waals surface area contributed by atoms with Crippen LogP contribution in [0.2, 0.25) is 0 Å². The zero-order chi connectivity index (χ0) is 24.0. The molecule has 0 radical (unpaired) electrons. The third-order valence-electron chi connectivity index (χ3n) is 5.70. The zero-order valence-electron chi connectivity index (χ0n) is 18.7. The van der Waals surface area contributed by atoms with Crippen LogP contribution in [0.5, 0.6) is 0 Å². The molecule has 0 saturated heterocycles. The van der Waals surface area contributed by atoms with Crippen LogP contribution >= 0.6 is 11.3 Å². The number of thiazole rings is 1. The SMILES string of the molecule is COC(=O)Cn1c(=NC(=O)c2cc3c(ccc4ccccc43)oc2=O)sc2c(C)cc(C)cc21. The van der Waals surface area contributed by atoms with Gasteiger partial charge in [-0.2, -0.15) is 4.99 Å². The number of benzene rings is 3. The molecule has 34 heavy (non-hydrogen) atoms. The van der Waals surface area contributed by atoms with E-state index in [1.165, 1.54) is 24.5 Å². The molecule has 0 atom stereocenters. The third-order valence-corrected chi connectivity index (χ3v) is 6.93. The molecule has 0 fully saturated rings. The summed E-state index contributed by atoms with van der Waals surface area (Å²) in [5, 5.41) is 2.48. The molecular formula is C26H20N2O5S. The van der Waals surface area contributed by atoms with Gasteiger partial charge in [-0.15, -0.1) is 0 Å². The molecule has 5 rings (SSSR count). The number of amides is 1. The smallest absolute Gasteiger partial charge is 0.349 e. The number of aryl methyl sites for hydroxylation is 2. The van der Waals surface area contributed by atoms with Crippen LogP contribution in [0.1, 0.15) is 21.5 Å². The highest BCUT2D eigenvalue weighted by atomic mass is 32.1. The van der Waals surface area contributed by atoms with E-state index in [0.717, 1.165) is 32.1 Å². The molecule has 2 aromatic heterocycles. The highest BCUT2D eigenvalue weighted by Crippen LogP contribution is 2.26. The molecule has 0 aliphatic carbocycles. The fourth-order valence-corrected chi connectivity index (χ4v) is 5.19. The van der Waals surface area contributed by atoms with E-state index < -0.39 is 17.5 Å². The molecule has 0 spiro atoms. The van der Waals surface area contributed by atoms with Crippen molar-refractivity contribution in [3.63, 3.8) is 0 Å². The van der Waals surface area contributed by atoms with Gasteiger partial charge < -0.3 is 13.7 Å². The van der Waals surface area contributed by atoms with E-state index in [0.29, 0.717) is 15.8 Å². The Labute approximate surface area is 197 Å². The summed E-state index contributed by atoms with van der Waals surface area (Å²) in [5.74, 6) is -1.20. The minimum absolute atomic E-state index is 0.109. The Bertz CT molecular complexity index is 1760. The number of methoxy groups -OCH3 is 1. The first kappa shape index (κ1) is 21.8. The Morgan fingerprint density at radius 1 is 1.06 bits per heavy atom. The highest BCUT2D eigenvalue weighted by molar-refractivity contribution is 7.16. The lowest BCUT2D eigenvalue weighted by Gasteiger charge is -2.05. The van der Waals surface area contributed by atoms with E-state index in [1.807, 2.05) is 56.3 Å². The molecule has 170 valence electrons. The van der Waals surface area contributed by atoms with Gasteiger partial charge in [-0.05, 0) is 53.9 Å². The van der Waals surface area contributed by atoms with Crippen LogP contribution in [0.15, 0.2) is 68.8 Å². The van der Waals surface area contributed by atoms with Gasteiger partial charge >= 0.3 is 11.6 Å². The second-order valence-corrected chi connectivity index (χ2v) is 9.02. The van der Waals surface area contributed by atoms with Crippen molar-refractivity contribution in [2.24, 2.45) is 4.99 Å². The summed E-state index contributed by atoms with van der Waals surface area (Å²) in [4.78, 5) is 42.5. The first-order valence-corrected chi connectivity index (χ1v) is 11.4. The highest BCUT2D eigenvalue weighted by Gasteiger charge is 2.17. The van der Waals surface area contributed by atoms with Crippen LogP contribution < -0.4 is 10.4 Å². The molecule has 1 amide bonds. The van der Waals surface area contributed by atoms with Crippen LogP contribution in [0, 0.1) is 13.8 Å². The minimum Gasteiger partial charge on any atom is -0.468 e. The van der Waals surface area contributed by atoms with E-state index in [9.17, 15) is 14.4 Å². The van der Waals surface area contributed by atoms with Crippen LogP contribution in [0.3, 0.4) is 0 Å². The first-order valence-electron chi connectivity index (χ1n) is 10.6. The summed E-state index contributed by atoms with van der Waals surface area (Å²) in [5.41, 5.74) is 2.26. The molecule has 8 heteroatoms. The van der Waals surface area contributed by atoms with Crippen LogP contribution in [0.25, 0.3) is 32.0 Å².